The van der Waals surface area contributed by atoms with E-state index in [1.807, 2.05) is 11.3 Å². The van der Waals surface area contributed by atoms with Gasteiger partial charge in [0.1, 0.15) is 5.78 Å². The molecule has 3 heterocycles. The lowest BCUT2D eigenvalue weighted by Gasteiger charge is -2.29. The summed E-state index contributed by atoms with van der Waals surface area (Å²) in [5.74, 6) is 0.896. The minimum Gasteiger partial charge on any atom is -0.299 e. The van der Waals surface area contributed by atoms with E-state index in [0.29, 0.717) is 11.7 Å². The summed E-state index contributed by atoms with van der Waals surface area (Å²) in [7, 11) is 0. The van der Waals surface area contributed by atoms with E-state index >= 15 is 0 Å². The van der Waals surface area contributed by atoms with Gasteiger partial charge in [-0.15, -0.1) is 22.7 Å². The molecule has 162 valence electrons. The Morgan fingerprint density at radius 2 is 1.94 bits per heavy atom. The molecule has 1 aliphatic carbocycles. The number of carbonyl (C=O) groups excluding carboxylic acids is 1. The predicted octanol–water partition coefficient (Wildman–Crippen LogP) is 7.38. The van der Waals surface area contributed by atoms with Gasteiger partial charge in [-0.2, -0.15) is 0 Å². The van der Waals surface area contributed by atoms with E-state index in [2.05, 4.69) is 58.1 Å². The van der Waals surface area contributed by atoms with Crippen molar-refractivity contribution in [2.45, 2.75) is 50.9 Å². The first-order valence-corrected chi connectivity index (χ1v) is 13.5. The SMILES string of the molecule is O=C(C1CCCCC1)C(CCN1CC=C(c2cccc3ccsc23)CC1)c1cccs1. The minimum atomic E-state index is 0.0911. The van der Waals surface area contributed by atoms with Gasteiger partial charge in [-0.25, -0.2) is 0 Å². The molecule has 0 radical (unpaired) electrons. The molecule has 2 aliphatic rings. The van der Waals surface area contributed by atoms with Crippen molar-refractivity contribution in [3.05, 3.63) is 63.7 Å². The lowest BCUT2D eigenvalue weighted by molar-refractivity contribution is -0.125. The fourth-order valence-corrected chi connectivity index (χ4v) is 7.12. The van der Waals surface area contributed by atoms with Gasteiger partial charge in [0.05, 0.1) is 5.92 Å². The number of thiophene rings is 2. The molecule has 1 unspecified atom stereocenters. The average molecular weight is 450 g/mol. The summed E-state index contributed by atoms with van der Waals surface area (Å²) in [5.41, 5.74) is 2.90. The minimum absolute atomic E-state index is 0.0911. The zero-order valence-electron chi connectivity index (χ0n) is 18.1. The highest BCUT2D eigenvalue weighted by Crippen LogP contribution is 2.35. The molecule has 1 saturated carbocycles. The highest BCUT2D eigenvalue weighted by atomic mass is 32.1. The Morgan fingerprint density at radius 3 is 2.71 bits per heavy atom. The summed E-state index contributed by atoms with van der Waals surface area (Å²) in [6.45, 7) is 3.09. The Balaban J connectivity index is 1.24. The van der Waals surface area contributed by atoms with Gasteiger partial charge < -0.3 is 0 Å². The number of hydrogen-bond donors (Lipinski definition) is 0. The maximum Gasteiger partial charge on any atom is 0.144 e. The van der Waals surface area contributed by atoms with Gasteiger partial charge in [0.2, 0.25) is 0 Å². The molecule has 1 fully saturated rings. The summed E-state index contributed by atoms with van der Waals surface area (Å²) < 4.78 is 1.41. The van der Waals surface area contributed by atoms with Crippen LogP contribution in [0.1, 0.15) is 61.3 Å². The maximum atomic E-state index is 13.4. The molecule has 1 aliphatic heterocycles. The fraction of sp³-hybridized carbons (Fsp3) is 0.444. The first-order valence-electron chi connectivity index (χ1n) is 11.7. The second-order valence-corrected chi connectivity index (χ2v) is 10.9. The third-order valence-electron chi connectivity index (χ3n) is 7.09. The van der Waals surface area contributed by atoms with Crippen LogP contribution in [-0.4, -0.2) is 30.3 Å². The highest BCUT2D eigenvalue weighted by Gasteiger charge is 2.30. The zero-order chi connectivity index (χ0) is 21.0. The molecule has 4 heteroatoms. The largest absolute Gasteiger partial charge is 0.299 e. The molecule has 1 aromatic carbocycles. The molecule has 0 amide bonds. The molecule has 2 nitrogen and oxygen atoms in total. The van der Waals surface area contributed by atoms with Crippen LogP contribution in [0, 0.1) is 5.92 Å². The standard InChI is InChI=1S/C27H31NOS2/c29-26(21-6-2-1-3-7-21)24(25-10-5-18-30-25)13-17-28-15-11-20(12-16-28)23-9-4-8-22-14-19-31-27(22)23/h4-5,8-11,14,18-19,21,24H,1-3,6-7,12-13,15-17H2. The van der Waals surface area contributed by atoms with Crippen molar-refractivity contribution in [1.29, 1.82) is 0 Å². The van der Waals surface area contributed by atoms with Crippen LogP contribution in [0.25, 0.3) is 15.7 Å². The smallest absolute Gasteiger partial charge is 0.144 e. The lowest BCUT2D eigenvalue weighted by atomic mass is 9.80. The van der Waals surface area contributed by atoms with Crippen molar-refractivity contribution in [2.24, 2.45) is 5.92 Å². The number of benzene rings is 1. The maximum absolute atomic E-state index is 13.4. The normalized spacial score (nSPS) is 19.4. The molecule has 1 atom stereocenters. The Hall–Kier alpha value is -1.75. The van der Waals surface area contributed by atoms with Crippen LogP contribution in [0.3, 0.4) is 0 Å². The summed E-state index contributed by atoms with van der Waals surface area (Å²) in [5, 5.41) is 5.67. The van der Waals surface area contributed by atoms with Crippen LogP contribution < -0.4 is 0 Å². The van der Waals surface area contributed by atoms with Gasteiger partial charge in [0.25, 0.3) is 0 Å². The van der Waals surface area contributed by atoms with Crippen LogP contribution in [0.15, 0.2) is 53.2 Å². The second kappa shape index (κ2) is 9.81. The Morgan fingerprint density at radius 1 is 1.03 bits per heavy atom. The van der Waals surface area contributed by atoms with Crippen LogP contribution in [-0.2, 0) is 4.79 Å². The predicted molar refractivity (Wildman–Crippen MR) is 134 cm³/mol. The molecule has 3 aromatic rings. The monoisotopic (exact) mass is 449 g/mol. The first-order chi connectivity index (χ1) is 15.3. The lowest BCUT2D eigenvalue weighted by Crippen LogP contribution is -2.32. The van der Waals surface area contributed by atoms with Crippen molar-refractivity contribution >= 4 is 44.1 Å². The number of ketones is 1. The summed E-state index contributed by atoms with van der Waals surface area (Å²) in [6.07, 6.45) is 10.4. The molecular formula is C27H31NOS2. The number of carbonyl (C=O) groups is 1. The number of nitrogens with zero attached hydrogens (tertiary/aromatic N) is 1. The Bertz CT molecular complexity index is 1040. The Kier molecular flexibility index (Phi) is 6.68. The van der Waals surface area contributed by atoms with E-state index in [4.69, 9.17) is 0 Å². The summed E-state index contributed by atoms with van der Waals surface area (Å²) in [4.78, 5) is 17.2. The zero-order valence-corrected chi connectivity index (χ0v) is 19.7. The quantitative estimate of drug-likeness (QED) is 0.375. The molecule has 0 bridgehead atoms. The molecule has 31 heavy (non-hydrogen) atoms. The van der Waals surface area contributed by atoms with E-state index in [9.17, 15) is 4.79 Å². The van der Waals surface area contributed by atoms with Gasteiger partial charge in [0.15, 0.2) is 0 Å². The number of hydrogen-bond acceptors (Lipinski definition) is 4. The van der Waals surface area contributed by atoms with Crippen molar-refractivity contribution in [3.8, 4) is 0 Å². The van der Waals surface area contributed by atoms with Gasteiger partial charge in [0, 0.05) is 28.6 Å². The summed E-state index contributed by atoms with van der Waals surface area (Å²) >= 11 is 3.61. The van der Waals surface area contributed by atoms with Crippen molar-refractivity contribution < 1.29 is 4.79 Å². The van der Waals surface area contributed by atoms with E-state index < -0.39 is 0 Å². The molecule has 0 saturated heterocycles. The third-order valence-corrected chi connectivity index (χ3v) is 9.04. The van der Waals surface area contributed by atoms with Gasteiger partial charge in [-0.05, 0) is 71.6 Å². The number of fused-ring (bicyclic) bond motifs is 1. The van der Waals surface area contributed by atoms with Crippen molar-refractivity contribution in [3.63, 3.8) is 0 Å². The molecule has 0 spiro atoms. The number of rotatable bonds is 7. The van der Waals surface area contributed by atoms with E-state index in [1.54, 1.807) is 11.3 Å². The topological polar surface area (TPSA) is 20.3 Å². The van der Waals surface area contributed by atoms with E-state index in [1.165, 1.54) is 45.4 Å². The van der Waals surface area contributed by atoms with E-state index in [0.717, 1.165) is 45.3 Å². The van der Waals surface area contributed by atoms with Crippen LogP contribution in [0.2, 0.25) is 0 Å². The molecular weight excluding hydrogens is 418 g/mol. The first kappa shape index (κ1) is 21.1. The van der Waals surface area contributed by atoms with Gasteiger partial charge in [-0.3, -0.25) is 9.69 Å². The molecule has 2 aromatic heterocycles. The van der Waals surface area contributed by atoms with E-state index in [-0.39, 0.29) is 5.92 Å². The fourth-order valence-electron chi connectivity index (χ4n) is 5.30. The van der Waals surface area contributed by atoms with Crippen LogP contribution in [0.4, 0.5) is 0 Å². The second-order valence-electron chi connectivity index (χ2n) is 9.02. The van der Waals surface area contributed by atoms with Crippen LogP contribution in [0.5, 0.6) is 0 Å². The Labute approximate surface area is 193 Å². The van der Waals surface area contributed by atoms with Crippen LogP contribution >= 0.6 is 22.7 Å². The molecule has 5 rings (SSSR count). The average Bonchev–Trinajstić information content (AvgIpc) is 3.52. The summed E-state index contributed by atoms with van der Waals surface area (Å²) in [6, 6.07) is 13.1. The third kappa shape index (κ3) is 4.72. The highest BCUT2D eigenvalue weighted by molar-refractivity contribution is 7.17. The van der Waals surface area contributed by atoms with Crippen molar-refractivity contribution in [1.82, 2.24) is 4.90 Å². The number of Topliss-reactive ketones (excluding diaryl/α,β-unsaturated/α-hetero) is 1. The van der Waals surface area contributed by atoms with Crippen molar-refractivity contribution in [2.75, 3.05) is 19.6 Å². The molecule has 0 N–H and O–H groups in total. The van der Waals surface area contributed by atoms with Gasteiger partial charge >= 0.3 is 0 Å². The van der Waals surface area contributed by atoms with Gasteiger partial charge in [-0.1, -0.05) is 49.6 Å².